The van der Waals surface area contributed by atoms with Crippen molar-refractivity contribution in [2.45, 2.75) is 45.1 Å². The Morgan fingerprint density at radius 3 is 2.71 bits per heavy atom. The number of methoxy groups -OCH3 is 1. The molecule has 1 fully saturated rings. The summed E-state index contributed by atoms with van der Waals surface area (Å²) in [6.07, 6.45) is 4.54. The van der Waals surface area contributed by atoms with E-state index in [9.17, 15) is 9.59 Å². The maximum atomic E-state index is 12.9. The van der Waals surface area contributed by atoms with Gasteiger partial charge in [-0.2, -0.15) is 0 Å². The minimum absolute atomic E-state index is 0.0161. The molecule has 1 unspecified atom stereocenters. The Balaban J connectivity index is 2.26. The molecule has 1 aromatic carbocycles. The Labute approximate surface area is 126 Å². The number of nitrogens with zero attached hydrogens (tertiary/aromatic N) is 1. The van der Waals surface area contributed by atoms with Crippen LogP contribution in [0.4, 0.5) is 0 Å². The van der Waals surface area contributed by atoms with Crippen LogP contribution < -0.4 is 4.74 Å². The van der Waals surface area contributed by atoms with Gasteiger partial charge in [-0.05, 0) is 31.9 Å². The summed E-state index contributed by atoms with van der Waals surface area (Å²) in [6, 6.07) is 7.29. The molecule has 1 saturated heterocycles. The molecule has 0 saturated carbocycles. The smallest absolute Gasteiger partial charge is 0.257 e. The Bertz CT molecular complexity index is 513. The van der Waals surface area contributed by atoms with Gasteiger partial charge in [0, 0.05) is 19.0 Å². The summed E-state index contributed by atoms with van der Waals surface area (Å²) in [6.45, 7) is 2.31. The summed E-state index contributed by atoms with van der Waals surface area (Å²) < 4.78 is 5.29. The second-order valence-corrected chi connectivity index (χ2v) is 5.61. The van der Waals surface area contributed by atoms with Gasteiger partial charge in [-0.15, -0.1) is 0 Å². The third-order valence-corrected chi connectivity index (χ3v) is 4.00. The maximum Gasteiger partial charge on any atom is 0.257 e. The lowest BCUT2D eigenvalue weighted by atomic mass is 10.0. The van der Waals surface area contributed by atoms with Crippen molar-refractivity contribution in [3.8, 4) is 5.75 Å². The van der Waals surface area contributed by atoms with Crippen LogP contribution in [0.2, 0.25) is 0 Å². The monoisotopic (exact) mass is 289 g/mol. The molecule has 0 aliphatic carbocycles. The molecule has 0 aromatic heterocycles. The second-order valence-electron chi connectivity index (χ2n) is 5.61. The number of carbonyl (C=O) groups is 2. The van der Waals surface area contributed by atoms with Gasteiger partial charge in [0.1, 0.15) is 11.5 Å². The Morgan fingerprint density at radius 1 is 1.24 bits per heavy atom. The van der Waals surface area contributed by atoms with E-state index in [1.165, 1.54) is 0 Å². The van der Waals surface area contributed by atoms with E-state index >= 15 is 0 Å². The number of amides is 1. The van der Waals surface area contributed by atoms with Crippen molar-refractivity contribution in [1.82, 2.24) is 4.90 Å². The number of benzene rings is 1. The van der Waals surface area contributed by atoms with Crippen LogP contribution in [0.5, 0.6) is 5.75 Å². The van der Waals surface area contributed by atoms with E-state index < -0.39 is 0 Å². The first-order valence-corrected chi connectivity index (χ1v) is 7.57. The van der Waals surface area contributed by atoms with E-state index in [4.69, 9.17) is 4.74 Å². The zero-order valence-corrected chi connectivity index (χ0v) is 12.8. The largest absolute Gasteiger partial charge is 0.496 e. The van der Waals surface area contributed by atoms with E-state index in [1.807, 2.05) is 17.0 Å². The van der Waals surface area contributed by atoms with Crippen molar-refractivity contribution in [3.05, 3.63) is 29.8 Å². The van der Waals surface area contributed by atoms with Gasteiger partial charge in [0.15, 0.2) is 0 Å². The molecule has 0 spiro atoms. The van der Waals surface area contributed by atoms with Crippen LogP contribution in [-0.4, -0.2) is 36.3 Å². The molecule has 1 atom stereocenters. The summed E-state index contributed by atoms with van der Waals surface area (Å²) in [5, 5.41) is 0. The molecule has 4 heteroatoms. The molecule has 1 aromatic rings. The number of ether oxygens (including phenoxy) is 1. The minimum Gasteiger partial charge on any atom is -0.496 e. The van der Waals surface area contributed by atoms with Crippen molar-refractivity contribution >= 4 is 11.7 Å². The highest BCUT2D eigenvalue weighted by atomic mass is 16.5. The summed E-state index contributed by atoms with van der Waals surface area (Å²) in [7, 11) is 1.57. The van der Waals surface area contributed by atoms with Crippen LogP contribution in [-0.2, 0) is 4.79 Å². The highest BCUT2D eigenvalue weighted by Crippen LogP contribution is 2.25. The van der Waals surface area contributed by atoms with Crippen LogP contribution in [0.25, 0.3) is 0 Å². The van der Waals surface area contributed by atoms with Gasteiger partial charge in [-0.3, -0.25) is 9.59 Å². The first-order valence-electron chi connectivity index (χ1n) is 7.57. The lowest BCUT2D eigenvalue weighted by Gasteiger charge is -2.30. The molecule has 0 radical (unpaired) electrons. The quantitative estimate of drug-likeness (QED) is 0.856. The standard InChI is InChI=1S/C17H23NO3/c1-13(19)12-14-8-4-3-7-11-18(14)17(20)15-9-5-6-10-16(15)21-2/h5-6,9-10,14H,3-4,7-8,11-12H2,1-2H3. The van der Waals surface area contributed by atoms with Crippen molar-refractivity contribution in [1.29, 1.82) is 0 Å². The summed E-state index contributed by atoms with van der Waals surface area (Å²) >= 11 is 0. The minimum atomic E-state index is -0.0272. The Hall–Kier alpha value is -1.84. The molecule has 2 rings (SSSR count). The lowest BCUT2D eigenvalue weighted by molar-refractivity contribution is -0.118. The topological polar surface area (TPSA) is 46.6 Å². The number of ketones is 1. The van der Waals surface area contributed by atoms with Crippen LogP contribution in [0.15, 0.2) is 24.3 Å². The van der Waals surface area contributed by atoms with Gasteiger partial charge in [0.05, 0.1) is 12.7 Å². The predicted molar refractivity (Wildman–Crippen MR) is 81.6 cm³/mol. The van der Waals surface area contributed by atoms with Gasteiger partial charge in [-0.25, -0.2) is 0 Å². The van der Waals surface area contributed by atoms with E-state index in [1.54, 1.807) is 26.2 Å². The van der Waals surface area contributed by atoms with Gasteiger partial charge < -0.3 is 9.64 Å². The van der Waals surface area contributed by atoms with E-state index in [0.29, 0.717) is 17.7 Å². The number of hydrogen-bond acceptors (Lipinski definition) is 3. The number of likely N-dealkylation sites (tertiary alicyclic amines) is 1. The number of para-hydroxylation sites is 1. The highest BCUT2D eigenvalue weighted by Gasteiger charge is 2.28. The zero-order chi connectivity index (χ0) is 15.2. The van der Waals surface area contributed by atoms with Gasteiger partial charge in [0.25, 0.3) is 5.91 Å². The summed E-state index contributed by atoms with van der Waals surface area (Å²) in [5.41, 5.74) is 0.579. The highest BCUT2D eigenvalue weighted by molar-refractivity contribution is 5.97. The molecule has 1 amide bonds. The average Bonchev–Trinajstić information content (AvgIpc) is 2.71. The number of rotatable bonds is 4. The van der Waals surface area contributed by atoms with Crippen molar-refractivity contribution in [3.63, 3.8) is 0 Å². The van der Waals surface area contributed by atoms with Crippen LogP contribution in [0.3, 0.4) is 0 Å². The molecule has 1 aliphatic heterocycles. The van der Waals surface area contributed by atoms with E-state index in [0.717, 1.165) is 32.2 Å². The fourth-order valence-corrected chi connectivity index (χ4v) is 2.96. The Morgan fingerprint density at radius 2 is 2.00 bits per heavy atom. The third-order valence-electron chi connectivity index (χ3n) is 4.00. The van der Waals surface area contributed by atoms with Crippen molar-refractivity contribution < 1.29 is 14.3 Å². The molecule has 1 aliphatic rings. The van der Waals surface area contributed by atoms with Crippen LogP contribution >= 0.6 is 0 Å². The summed E-state index contributed by atoms with van der Waals surface area (Å²) in [5.74, 6) is 0.702. The Kier molecular flexibility index (Phi) is 5.37. The van der Waals surface area contributed by atoms with Crippen molar-refractivity contribution in [2.24, 2.45) is 0 Å². The fourth-order valence-electron chi connectivity index (χ4n) is 2.96. The SMILES string of the molecule is COc1ccccc1C(=O)N1CCCCCC1CC(C)=O. The first-order chi connectivity index (χ1) is 10.1. The van der Waals surface area contributed by atoms with Crippen molar-refractivity contribution in [2.75, 3.05) is 13.7 Å². The lowest BCUT2D eigenvalue weighted by Crippen LogP contribution is -2.41. The van der Waals surface area contributed by atoms with E-state index in [2.05, 4.69) is 0 Å². The summed E-state index contributed by atoms with van der Waals surface area (Å²) in [4.78, 5) is 26.2. The third kappa shape index (κ3) is 3.84. The molecular formula is C17H23NO3. The zero-order valence-electron chi connectivity index (χ0n) is 12.8. The maximum absolute atomic E-state index is 12.9. The van der Waals surface area contributed by atoms with Gasteiger partial charge >= 0.3 is 0 Å². The molecule has 114 valence electrons. The number of hydrogen-bond donors (Lipinski definition) is 0. The molecule has 21 heavy (non-hydrogen) atoms. The van der Waals surface area contributed by atoms with Gasteiger partial charge in [-0.1, -0.05) is 25.0 Å². The van der Waals surface area contributed by atoms with Gasteiger partial charge in [0.2, 0.25) is 0 Å². The number of Topliss-reactive ketones (excluding diaryl/α,β-unsaturated/α-hetero) is 1. The normalized spacial score (nSPS) is 19.0. The average molecular weight is 289 g/mol. The molecule has 0 N–H and O–H groups in total. The predicted octanol–water partition coefficient (Wildman–Crippen LogP) is 3.06. The van der Waals surface area contributed by atoms with E-state index in [-0.39, 0.29) is 17.7 Å². The second kappa shape index (κ2) is 7.25. The molecule has 1 heterocycles. The fraction of sp³-hybridized carbons (Fsp3) is 0.529. The first kappa shape index (κ1) is 15.5. The van der Waals surface area contributed by atoms with Crippen LogP contribution in [0.1, 0.15) is 49.4 Å². The molecule has 4 nitrogen and oxygen atoms in total. The number of carbonyl (C=O) groups excluding carboxylic acids is 2. The molecular weight excluding hydrogens is 266 g/mol. The molecule has 0 bridgehead atoms. The van der Waals surface area contributed by atoms with Crippen LogP contribution in [0, 0.1) is 0 Å².